The third kappa shape index (κ3) is 2.93. The molecule has 1 aliphatic rings. The number of rotatable bonds is 3. The van der Waals surface area contributed by atoms with Crippen LogP contribution < -0.4 is 4.74 Å². The number of nitrogens with zero attached hydrogens (tertiary/aromatic N) is 2. The van der Waals surface area contributed by atoms with Crippen LogP contribution in [0, 0.1) is 6.92 Å². The summed E-state index contributed by atoms with van der Waals surface area (Å²) in [5.41, 5.74) is 2.65. The standard InChI is InChI=1S/C18H25N3O2/c1-12-15-11-14(23-4)5-6-16(15)19-17(12)18(22)21(3)13-7-9-20(2)10-8-13/h5-6,11,13,19H,7-10H2,1-4H3. The maximum absolute atomic E-state index is 12.9. The first-order valence-corrected chi connectivity index (χ1v) is 8.13. The number of carbonyl (C=O) groups excluding carboxylic acids is 1. The molecule has 2 heterocycles. The molecular weight excluding hydrogens is 290 g/mol. The van der Waals surface area contributed by atoms with Crippen LogP contribution in [-0.2, 0) is 0 Å². The van der Waals surface area contributed by atoms with Crippen LogP contribution in [0.15, 0.2) is 18.2 Å². The van der Waals surface area contributed by atoms with E-state index in [0.717, 1.165) is 48.1 Å². The first-order valence-electron chi connectivity index (χ1n) is 8.13. The molecule has 0 spiro atoms. The first-order chi connectivity index (χ1) is 11.0. The molecule has 23 heavy (non-hydrogen) atoms. The molecule has 1 fully saturated rings. The van der Waals surface area contributed by atoms with Gasteiger partial charge in [0.1, 0.15) is 11.4 Å². The van der Waals surface area contributed by atoms with E-state index in [9.17, 15) is 4.79 Å². The van der Waals surface area contributed by atoms with Crippen LogP contribution in [0.3, 0.4) is 0 Å². The highest BCUT2D eigenvalue weighted by atomic mass is 16.5. The number of benzene rings is 1. The van der Waals surface area contributed by atoms with Gasteiger partial charge in [-0.3, -0.25) is 4.79 Å². The molecule has 1 aromatic carbocycles. The number of methoxy groups -OCH3 is 1. The van der Waals surface area contributed by atoms with Crippen LogP contribution in [0.5, 0.6) is 5.75 Å². The molecule has 1 aromatic heterocycles. The molecule has 5 heteroatoms. The van der Waals surface area contributed by atoms with Crippen molar-refractivity contribution in [2.45, 2.75) is 25.8 Å². The summed E-state index contributed by atoms with van der Waals surface area (Å²) in [6.45, 7) is 4.09. The number of aromatic nitrogens is 1. The van der Waals surface area contributed by atoms with Gasteiger partial charge in [-0.25, -0.2) is 0 Å². The van der Waals surface area contributed by atoms with Gasteiger partial charge in [-0.15, -0.1) is 0 Å². The molecule has 0 aliphatic carbocycles. The summed E-state index contributed by atoms with van der Waals surface area (Å²) in [6, 6.07) is 6.17. The number of aryl methyl sites for hydroxylation is 1. The van der Waals surface area contributed by atoms with Crippen molar-refractivity contribution in [3.63, 3.8) is 0 Å². The smallest absolute Gasteiger partial charge is 0.270 e. The molecule has 1 saturated heterocycles. The Labute approximate surface area is 137 Å². The highest BCUT2D eigenvalue weighted by Crippen LogP contribution is 2.27. The zero-order valence-electron chi connectivity index (χ0n) is 14.3. The van der Waals surface area contributed by atoms with Crippen molar-refractivity contribution in [2.24, 2.45) is 0 Å². The molecule has 3 rings (SSSR count). The number of aromatic amines is 1. The van der Waals surface area contributed by atoms with Gasteiger partial charge in [-0.2, -0.15) is 0 Å². The second-order valence-corrected chi connectivity index (χ2v) is 6.49. The van der Waals surface area contributed by atoms with Gasteiger partial charge in [0.05, 0.1) is 7.11 Å². The molecule has 0 atom stereocenters. The number of carbonyl (C=O) groups is 1. The molecule has 1 N–H and O–H groups in total. The van der Waals surface area contributed by atoms with E-state index in [2.05, 4.69) is 16.9 Å². The number of H-pyrrole nitrogens is 1. The molecular formula is C18H25N3O2. The lowest BCUT2D eigenvalue weighted by molar-refractivity contribution is 0.0654. The predicted octanol–water partition coefficient (Wildman–Crippen LogP) is 2.65. The summed E-state index contributed by atoms with van der Waals surface area (Å²) in [5.74, 6) is 0.884. The van der Waals surface area contributed by atoms with Crippen molar-refractivity contribution >= 4 is 16.8 Å². The average Bonchev–Trinajstić information content (AvgIpc) is 2.90. The van der Waals surface area contributed by atoms with Gasteiger partial charge in [-0.05, 0) is 63.7 Å². The summed E-state index contributed by atoms with van der Waals surface area (Å²) >= 11 is 0. The van der Waals surface area contributed by atoms with Crippen molar-refractivity contribution < 1.29 is 9.53 Å². The van der Waals surface area contributed by atoms with E-state index in [1.807, 2.05) is 37.1 Å². The van der Waals surface area contributed by atoms with Gasteiger partial charge < -0.3 is 19.5 Å². The largest absolute Gasteiger partial charge is 0.497 e. The molecule has 1 amide bonds. The van der Waals surface area contributed by atoms with Gasteiger partial charge in [0.2, 0.25) is 0 Å². The molecule has 1 aliphatic heterocycles. The lowest BCUT2D eigenvalue weighted by Gasteiger charge is -2.35. The van der Waals surface area contributed by atoms with Crippen LogP contribution in [0.4, 0.5) is 0 Å². The van der Waals surface area contributed by atoms with Crippen LogP contribution >= 0.6 is 0 Å². The number of fused-ring (bicyclic) bond motifs is 1. The quantitative estimate of drug-likeness (QED) is 0.947. The minimum atomic E-state index is 0.0761. The first kappa shape index (κ1) is 15.9. The highest BCUT2D eigenvalue weighted by Gasteiger charge is 2.26. The second kappa shape index (κ2) is 6.24. The van der Waals surface area contributed by atoms with Crippen molar-refractivity contribution in [1.29, 1.82) is 0 Å². The van der Waals surface area contributed by atoms with Crippen LogP contribution in [0.25, 0.3) is 10.9 Å². The Morgan fingerprint density at radius 1 is 1.35 bits per heavy atom. The van der Waals surface area contributed by atoms with E-state index in [1.54, 1.807) is 7.11 Å². The normalized spacial score (nSPS) is 16.7. The second-order valence-electron chi connectivity index (χ2n) is 6.49. The predicted molar refractivity (Wildman–Crippen MR) is 92.2 cm³/mol. The van der Waals surface area contributed by atoms with Crippen molar-refractivity contribution in [2.75, 3.05) is 34.3 Å². The number of likely N-dealkylation sites (tertiary alicyclic amines) is 1. The molecule has 0 unspecified atom stereocenters. The van der Waals surface area contributed by atoms with Gasteiger partial charge in [0, 0.05) is 24.0 Å². The van der Waals surface area contributed by atoms with Crippen LogP contribution in [0.1, 0.15) is 28.9 Å². The third-order valence-corrected chi connectivity index (χ3v) is 5.04. The van der Waals surface area contributed by atoms with Gasteiger partial charge >= 0.3 is 0 Å². The Bertz CT molecular complexity index is 714. The Balaban J connectivity index is 1.87. The maximum Gasteiger partial charge on any atom is 0.270 e. The fourth-order valence-corrected chi connectivity index (χ4v) is 3.37. The zero-order chi connectivity index (χ0) is 16.6. The lowest BCUT2D eigenvalue weighted by atomic mass is 10.0. The van der Waals surface area contributed by atoms with Crippen LogP contribution in [-0.4, -0.2) is 61.0 Å². The van der Waals surface area contributed by atoms with E-state index < -0.39 is 0 Å². The number of hydrogen-bond acceptors (Lipinski definition) is 3. The Kier molecular flexibility index (Phi) is 4.31. The van der Waals surface area contributed by atoms with Crippen molar-refractivity contribution in [3.8, 4) is 5.75 Å². The summed E-state index contributed by atoms with van der Waals surface area (Å²) in [5, 5.41) is 1.05. The Hall–Kier alpha value is -2.01. The van der Waals surface area contributed by atoms with E-state index >= 15 is 0 Å². The number of hydrogen-bond donors (Lipinski definition) is 1. The third-order valence-electron chi connectivity index (χ3n) is 5.04. The number of amides is 1. The topological polar surface area (TPSA) is 48.6 Å². The average molecular weight is 315 g/mol. The molecule has 0 saturated carbocycles. The molecule has 0 radical (unpaired) electrons. The molecule has 0 bridgehead atoms. The van der Waals surface area contributed by atoms with Gasteiger partial charge in [0.15, 0.2) is 0 Å². The molecule has 5 nitrogen and oxygen atoms in total. The van der Waals surface area contributed by atoms with E-state index in [0.29, 0.717) is 11.7 Å². The molecule has 2 aromatic rings. The van der Waals surface area contributed by atoms with Crippen molar-refractivity contribution in [3.05, 3.63) is 29.5 Å². The Morgan fingerprint density at radius 3 is 2.70 bits per heavy atom. The number of ether oxygens (including phenoxy) is 1. The summed E-state index contributed by atoms with van der Waals surface area (Å²) in [7, 11) is 5.71. The Morgan fingerprint density at radius 2 is 2.04 bits per heavy atom. The SMILES string of the molecule is COc1ccc2[nH]c(C(=O)N(C)C3CCN(C)CC3)c(C)c2c1. The fourth-order valence-electron chi connectivity index (χ4n) is 3.37. The zero-order valence-corrected chi connectivity index (χ0v) is 14.3. The summed E-state index contributed by atoms with van der Waals surface area (Å²) in [4.78, 5) is 20.4. The summed E-state index contributed by atoms with van der Waals surface area (Å²) < 4.78 is 5.29. The maximum atomic E-state index is 12.9. The highest BCUT2D eigenvalue weighted by molar-refractivity contribution is 6.01. The van der Waals surface area contributed by atoms with Crippen molar-refractivity contribution in [1.82, 2.24) is 14.8 Å². The number of nitrogens with one attached hydrogen (secondary N) is 1. The minimum Gasteiger partial charge on any atom is -0.497 e. The van der Waals surface area contributed by atoms with Gasteiger partial charge in [-0.1, -0.05) is 0 Å². The monoisotopic (exact) mass is 315 g/mol. The summed E-state index contributed by atoms with van der Waals surface area (Å²) in [6.07, 6.45) is 2.07. The number of piperidine rings is 1. The van der Waals surface area contributed by atoms with E-state index in [1.165, 1.54) is 0 Å². The van der Waals surface area contributed by atoms with E-state index in [4.69, 9.17) is 4.74 Å². The van der Waals surface area contributed by atoms with E-state index in [-0.39, 0.29) is 5.91 Å². The van der Waals surface area contributed by atoms with Gasteiger partial charge in [0.25, 0.3) is 5.91 Å². The van der Waals surface area contributed by atoms with Crippen LogP contribution in [0.2, 0.25) is 0 Å². The lowest BCUT2D eigenvalue weighted by Crippen LogP contribution is -2.44. The molecule has 124 valence electrons. The minimum absolute atomic E-state index is 0.0761. The fraction of sp³-hybridized carbons (Fsp3) is 0.500.